The second kappa shape index (κ2) is 4.47. The van der Waals surface area contributed by atoms with Gasteiger partial charge in [0.2, 0.25) is 5.95 Å². The van der Waals surface area contributed by atoms with Crippen LogP contribution in [0, 0.1) is 11.6 Å². The molecule has 0 radical (unpaired) electrons. The van der Waals surface area contributed by atoms with E-state index >= 15 is 0 Å². The maximum absolute atomic E-state index is 13.6. The highest BCUT2D eigenvalue weighted by Gasteiger charge is 2.13. The average Bonchev–Trinajstić information content (AvgIpc) is 2.82. The molecule has 0 fully saturated rings. The fourth-order valence-electron chi connectivity index (χ4n) is 1.56. The van der Waals surface area contributed by atoms with E-state index in [1.807, 2.05) is 0 Å². The Morgan fingerprint density at radius 1 is 1.21 bits per heavy atom. The smallest absolute Gasteiger partial charge is 0.223 e. The van der Waals surface area contributed by atoms with Gasteiger partial charge in [-0.1, -0.05) is 11.8 Å². The van der Waals surface area contributed by atoms with Crippen molar-refractivity contribution in [2.45, 2.75) is 9.92 Å². The number of rotatable bonds is 2. The van der Waals surface area contributed by atoms with Gasteiger partial charge in [-0.05, 0) is 18.2 Å². The van der Waals surface area contributed by atoms with E-state index in [0.717, 1.165) is 30.0 Å². The summed E-state index contributed by atoms with van der Waals surface area (Å²) in [6.45, 7) is 0. The Bertz CT molecular complexity index is 758. The van der Waals surface area contributed by atoms with Gasteiger partial charge in [0.25, 0.3) is 0 Å². The second-order valence-corrected chi connectivity index (χ2v) is 4.70. The van der Waals surface area contributed by atoms with Gasteiger partial charge in [0.05, 0.1) is 11.2 Å². The number of nitrogens with zero attached hydrogens (tertiary/aromatic N) is 3. The highest BCUT2D eigenvalue weighted by atomic mass is 32.2. The van der Waals surface area contributed by atoms with Crippen molar-refractivity contribution in [3.8, 4) is 0 Å². The molecule has 0 saturated heterocycles. The SMILES string of the molecule is Nc1nc(Sc2cc(F)ccc2F)c2[nH]cnc2n1. The van der Waals surface area contributed by atoms with Crippen LogP contribution in [0.1, 0.15) is 0 Å². The van der Waals surface area contributed by atoms with E-state index in [2.05, 4.69) is 19.9 Å². The molecule has 0 amide bonds. The number of nitrogens with one attached hydrogen (secondary N) is 1. The van der Waals surface area contributed by atoms with Gasteiger partial charge in [0.1, 0.15) is 22.2 Å². The van der Waals surface area contributed by atoms with E-state index < -0.39 is 11.6 Å². The molecule has 3 aromatic rings. The Kier molecular flexibility index (Phi) is 2.79. The molecule has 0 aliphatic rings. The maximum Gasteiger partial charge on any atom is 0.223 e. The number of imidazole rings is 1. The quantitative estimate of drug-likeness (QED) is 0.704. The van der Waals surface area contributed by atoms with Crippen LogP contribution in [-0.4, -0.2) is 19.9 Å². The van der Waals surface area contributed by atoms with Crippen molar-refractivity contribution in [2.24, 2.45) is 0 Å². The van der Waals surface area contributed by atoms with E-state index in [1.165, 1.54) is 6.33 Å². The molecule has 19 heavy (non-hydrogen) atoms. The molecule has 2 aromatic heterocycles. The summed E-state index contributed by atoms with van der Waals surface area (Å²) in [5.74, 6) is -1.03. The third kappa shape index (κ3) is 2.22. The summed E-state index contributed by atoms with van der Waals surface area (Å²) in [5, 5.41) is 0.393. The van der Waals surface area contributed by atoms with E-state index in [-0.39, 0.29) is 10.8 Å². The summed E-state index contributed by atoms with van der Waals surface area (Å²) in [4.78, 5) is 14.8. The molecule has 3 N–H and O–H groups in total. The zero-order chi connectivity index (χ0) is 13.4. The predicted octanol–water partition coefficient (Wildman–Crippen LogP) is 2.36. The molecule has 0 unspecified atom stereocenters. The maximum atomic E-state index is 13.6. The number of halogens is 2. The largest absolute Gasteiger partial charge is 0.368 e. The molecule has 3 rings (SSSR count). The average molecular weight is 279 g/mol. The first-order valence-corrected chi connectivity index (χ1v) is 6.04. The van der Waals surface area contributed by atoms with Crippen molar-refractivity contribution in [3.63, 3.8) is 0 Å². The van der Waals surface area contributed by atoms with Gasteiger partial charge < -0.3 is 10.7 Å². The minimum Gasteiger partial charge on any atom is -0.368 e. The number of aromatic amines is 1. The Balaban J connectivity index is 2.10. The monoisotopic (exact) mass is 279 g/mol. The molecule has 0 aliphatic carbocycles. The van der Waals surface area contributed by atoms with Crippen LogP contribution in [0.3, 0.4) is 0 Å². The molecular formula is C11H7F2N5S. The molecule has 2 heterocycles. The van der Waals surface area contributed by atoms with Gasteiger partial charge >= 0.3 is 0 Å². The molecule has 0 aliphatic heterocycles. The first-order chi connectivity index (χ1) is 9.13. The number of anilines is 1. The number of aromatic nitrogens is 4. The highest BCUT2D eigenvalue weighted by Crippen LogP contribution is 2.32. The summed E-state index contributed by atoms with van der Waals surface area (Å²) in [5.41, 5.74) is 6.46. The van der Waals surface area contributed by atoms with Crippen LogP contribution in [0.4, 0.5) is 14.7 Å². The van der Waals surface area contributed by atoms with Crippen LogP contribution in [0.25, 0.3) is 11.2 Å². The molecule has 8 heteroatoms. The van der Waals surface area contributed by atoms with Gasteiger partial charge in [0, 0.05) is 0 Å². The van der Waals surface area contributed by atoms with Crippen molar-refractivity contribution >= 4 is 28.9 Å². The number of nitrogens with two attached hydrogens (primary N) is 1. The molecule has 0 bridgehead atoms. The first-order valence-electron chi connectivity index (χ1n) is 5.23. The third-order valence-electron chi connectivity index (χ3n) is 2.37. The molecule has 1 aromatic carbocycles. The van der Waals surface area contributed by atoms with E-state index in [4.69, 9.17) is 5.73 Å². The lowest BCUT2D eigenvalue weighted by atomic mass is 10.3. The number of benzene rings is 1. The van der Waals surface area contributed by atoms with Crippen LogP contribution in [0.2, 0.25) is 0 Å². The molecule has 0 saturated carbocycles. The normalized spacial score (nSPS) is 11.1. The Morgan fingerprint density at radius 2 is 2.05 bits per heavy atom. The summed E-state index contributed by atoms with van der Waals surface area (Å²) < 4.78 is 26.7. The van der Waals surface area contributed by atoms with Crippen molar-refractivity contribution in [1.82, 2.24) is 19.9 Å². The summed E-state index contributed by atoms with van der Waals surface area (Å²) in [6.07, 6.45) is 1.44. The lowest BCUT2D eigenvalue weighted by molar-refractivity contribution is 0.577. The van der Waals surface area contributed by atoms with Crippen LogP contribution in [0.5, 0.6) is 0 Å². The Hall–Kier alpha value is -2.22. The lowest BCUT2D eigenvalue weighted by Crippen LogP contribution is -1.97. The van der Waals surface area contributed by atoms with Crippen LogP contribution < -0.4 is 5.73 Å². The van der Waals surface area contributed by atoms with Crippen molar-refractivity contribution in [2.75, 3.05) is 5.73 Å². The topological polar surface area (TPSA) is 80.5 Å². The number of fused-ring (bicyclic) bond motifs is 1. The van der Waals surface area contributed by atoms with Crippen molar-refractivity contribution < 1.29 is 8.78 Å². The number of nitrogen functional groups attached to an aromatic ring is 1. The lowest BCUT2D eigenvalue weighted by Gasteiger charge is -2.04. The first kappa shape index (κ1) is 11.8. The van der Waals surface area contributed by atoms with Crippen molar-refractivity contribution in [1.29, 1.82) is 0 Å². The van der Waals surface area contributed by atoms with Crippen LogP contribution in [0.15, 0.2) is 34.4 Å². The zero-order valence-electron chi connectivity index (χ0n) is 9.39. The van der Waals surface area contributed by atoms with Crippen molar-refractivity contribution in [3.05, 3.63) is 36.2 Å². The second-order valence-electron chi connectivity index (χ2n) is 3.66. The van der Waals surface area contributed by atoms with Gasteiger partial charge in [-0.25, -0.2) is 18.7 Å². The summed E-state index contributed by atoms with van der Waals surface area (Å²) in [6, 6.07) is 3.21. The summed E-state index contributed by atoms with van der Waals surface area (Å²) >= 11 is 0.959. The number of hydrogen-bond donors (Lipinski definition) is 2. The van der Waals surface area contributed by atoms with E-state index in [0.29, 0.717) is 16.2 Å². The van der Waals surface area contributed by atoms with Gasteiger partial charge in [-0.3, -0.25) is 0 Å². The minimum atomic E-state index is -0.531. The van der Waals surface area contributed by atoms with E-state index in [9.17, 15) is 8.78 Å². The zero-order valence-corrected chi connectivity index (χ0v) is 10.2. The highest BCUT2D eigenvalue weighted by molar-refractivity contribution is 7.99. The molecular weight excluding hydrogens is 272 g/mol. The number of hydrogen-bond acceptors (Lipinski definition) is 5. The predicted molar refractivity (Wildman–Crippen MR) is 66.6 cm³/mol. The molecule has 0 spiro atoms. The molecule has 96 valence electrons. The van der Waals surface area contributed by atoms with Crippen LogP contribution in [-0.2, 0) is 0 Å². The molecule has 0 atom stereocenters. The summed E-state index contributed by atoms with van der Waals surface area (Å²) in [7, 11) is 0. The van der Waals surface area contributed by atoms with Gasteiger partial charge in [-0.2, -0.15) is 4.98 Å². The van der Waals surface area contributed by atoms with Gasteiger partial charge in [0.15, 0.2) is 5.65 Å². The fraction of sp³-hybridized carbons (Fsp3) is 0. The van der Waals surface area contributed by atoms with Crippen LogP contribution >= 0.6 is 11.8 Å². The Labute approximate surface area is 110 Å². The number of H-pyrrole nitrogens is 1. The van der Waals surface area contributed by atoms with E-state index in [1.54, 1.807) is 0 Å². The molecule has 5 nitrogen and oxygen atoms in total. The third-order valence-corrected chi connectivity index (χ3v) is 3.39. The standard InChI is InChI=1S/C11H7F2N5S/c12-5-1-2-6(13)7(3-5)19-10-8-9(16-4-15-8)17-11(14)18-10/h1-4H,(H3,14,15,16,17,18). The van der Waals surface area contributed by atoms with Gasteiger partial charge in [-0.15, -0.1) is 0 Å². The fourth-order valence-corrected chi connectivity index (χ4v) is 2.49. The minimum absolute atomic E-state index is 0.0268. The Morgan fingerprint density at radius 3 is 2.89 bits per heavy atom.